The van der Waals surface area contributed by atoms with Crippen molar-refractivity contribution in [3.63, 3.8) is 0 Å². The van der Waals surface area contributed by atoms with Gasteiger partial charge in [0.15, 0.2) is 0 Å². The van der Waals surface area contributed by atoms with Gasteiger partial charge >= 0.3 is 0 Å². The Kier molecular flexibility index (Phi) is 6.39. The molecule has 0 aromatic rings. The number of hydrogen-bond acceptors (Lipinski definition) is 2. The van der Waals surface area contributed by atoms with Crippen molar-refractivity contribution in [2.24, 2.45) is 11.8 Å². The van der Waals surface area contributed by atoms with Crippen molar-refractivity contribution >= 4 is 17.5 Å². The van der Waals surface area contributed by atoms with Gasteiger partial charge < -0.3 is 0 Å². The molecule has 0 bridgehead atoms. The van der Waals surface area contributed by atoms with Gasteiger partial charge in [-0.1, -0.05) is 39.5 Å². The molecule has 0 saturated carbocycles. The van der Waals surface area contributed by atoms with Gasteiger partial charge in [-0.25, -0.2) is 0 Å². The van der Waals surface area contributed by atoms with Gasteiger partial charge in [-0.05, 0) is 12.8 Å². The zero-order valence-electron chi connectivity index (χ0n) is 10.1. The molecule has 2 heteroatoms. The Balaban J connectivity index is 2.36. The first-order valence-electron chi connectivity index (χ1n) is 6.41. The summed E-state index contributed by atoms with van der Waals surface area (Å²) in [5, 5.41) is 0. The minimum atomic E-state index is 0.380. The Labute approximate surface area is 98.4 Å². The molecule has 0 unspecified atom stereocenters. The Bertz CT molecular complexity index is 173. The summed E-state index contributed by atoms with van der Waals surface area (Å²) in [6.45, 7) is 4.41. The van der Waals surface area contributed by atoms with Crippen molar-refractivity contribution in [3.05, 3.63) is 0 Å². The third-order valence-electron chi connectivity index (χ3n) is 3.26. The highest BCUT2D eigenvalue weighted by Gasteiger charge is 2.30. The number of rotatable bonds is 6. The van der Waals surface area contributed by atoms with Gasteiger partial charge in [-0.15, -0.1) is 0 Å². The van der Waals surface area contributed by atoms with Gasteiger partial charge in [0.25, 0.3) is 0 Å². The van der Waals surface area contributed by atoms with Crippen LogP contribution in [-0.4, -0.2) is 17.3 Å². The van der Waals surface area contributed by atoms with Crippen LogP contribution >= 0.6 is 11.8 Å². The second-order valence-electron chi connectivity index (χ2n) is 4.62. The maximum atomic E-state index is 12.1. The molecule has 1 heterocycles. The molecule has 1 fully saturated rings. The summed E-state index contributed by atoms with van der Waals surface area (Å²) in [7, 11) is 0. The highest BCUT2D eigenvalue weighted by atomic mass is 32.2. The van der Waals surface area contributed by atoms with E-state index < -0.39 is 0 Å². The molecule has 0 aliphatic carbocycles. The van der Waals surface area contributed by atoms with Crippen molar-refractivity contribution < 1.29 is 4.79 Å². The summed E-state index contributed by atoms with van der Waals surface area (Å²) in [4.78, 5) is 12.1. The lowest BCUT2D eigenvalue weighted by Gasteiger charge is -2.27. The molecule has 0 spiro atoms. The molecule has 88 valence electrons. The molecule has 0 aromatic carbocycles. The largest absolute Gasteiger partial charge is 0.299 e. The summed E-state index contributed by atoms with van der Waals surface area (Å²) in [5.74, 6) is 3.51. The fourth-order valence-electron chi connectivity index (χ4n) is 2.20. The second-order valence-corrected chi connectivity index (χ2v) is 5.69. The van der Waals surface area contributed by atoms with Gasteiger partial charge in [-0.3, -0.25) is 4.79 Å². The highest BCUT2D eigenvalue weighted by Crippen LogP contribution is 2.30. The number of carbonyl (C=O) groups excluding carboxylic acids is 1. The van der Waals surface area contributed by atoms with E-state index in [1.54, 1.807) is 0 Å². The smallest absolute Gasteiger partial charge is 0.140 e. The Morgan fingerprint density at radius 1 is 1.07 bits per heavy atom. The minimum absolute atomic E-state index is 0.380. The number of carbonyl (C=O) groups is 1. The molecule has 0 aromatic heterocycles. The molecule has 0 radical (unpaired) electrons. The van der Waals surface area contributed by atoms with E-state index in [1.165, 1.54) is 25.7 Å². The van der Waals surface area contributed by atoms with Gasteiger partial charge in [-0.2, -0.15) is 11.8 Å². The first-order valence-corrected chi connectivity index (χ1v) is 7.56. The summed E-state index contributed by atoms with van der Waals surface area (Å²) in [6, 6.07) is 0. The summed E-state index contributed by atoms with van der Waals surface area (Å²) < 4.78 is 0. The van der Waals surface area contributed by atoms with E-state index in [9.17, 15) is 4.79 Å². The predicted molar refractivity (Wildman–Crippen MR) is 68.4 cm³/mol. The molecule has 0 N–H and O–H groups in total. The third-order valence-corrected chi connectivity index (χ3v) is 4.53. The van der Waals surface area contributed by atoms with Crippen LogP contribution in [0.2, 0.25) is 0 Å². The van der Waals surface area contributed by atoms with Crippen molar-refractivity contribution in [3.8, 4) is 0 Å². The maximum absolute atomic E-state index is 12.1. The minimum Gasteiger partial charge on any atom is -0.299 e. The monoisotopic (exact) mass is 228 g/mol. The standard InChI is InChI=1S/C13H24OS/c1-3-5-7-11-9-15-10-12(13(11)14)8-6-4-2/h11-12H,3-10H2,1-2H3/t11-,12-/m0/s1. The highest BCUT2D eigenvalue weighted by molar-refractivity contribution is 7.99. The lowest BCUT2D eigenvalue weighted by Crippen LogP contribution is -2.31. The van der Waals surface area contributed by atoms with E-state index in [2.05, 4.69) is 13.8 Å². The van der Waals surface area contributed by atoms with Crippen LogP contribution in [0.15, 0.2) is 0 Å². The zero-order chi connectivity index (χ0) is 11.1. The third kappa shape index (κ3) is 4.18. The normalized spacial score (nSPS) is 26.9. The molecule has 0 amide bonds. The van der Waals surface area contributed by atoms with E-state index in [0.717, 1.165) is 24.3 Å². The lowest BCUT2D eigenvalue weighted by molar-refractivity contribution is -0.126. The molecular formula is C13H24OS. The zero-order valence-corrected chi connectivity index (χ0v) is 10.9. The maximum Gasteiger partial charge on any atom is 0.140 e. The van der Waals surface area contributed by atoms with Gasteiger partial charge in [0.2, 0.25) is 0 Å². The van der Waals surface area contributed by atoms with E-state index >= 15 is 0 Å². The van der Waals surface area contributed by atoms with Crippen LogP contribution in [0, 0.1) is 11.8 Å². The van der Waals surface area contributed by atoms with E-state index in [4.69, 9.17) is 0 Å². The molecule has 1 aliphatic rings. The number of unbranched alkanes of at least 4 members (excludes halogenated alkanes) is 2. The average Bonchev–Trinajstić information content (AvgIpc) is 2.26. The van der Waals surface area contributed by atoms with Crippen LogP contribution in [0.1, 0.15) is 52.4 Å². The number of ketones is 1. The molecular weight excluding hydrogens is 204 g/mol. The first-order chi connectivity index (χ1) is 7.29. The fraction of sp³-hybridized carbons (Fsp3) is 0.923. The van der Waals surface area contributed by atoms with Crippen molar-refractivity contribution in [2.75, 3.05) is 11.5 Å². The van der Waals surface area contributed by atoms with Gasteiger partial charge in [0, 0.05) is 23.3 Å². The van der Waals surface area contributed by atoms with Crippen LogP contribution in [0.4, 0.5) is 0 Å². The van der Waals surface area contributed by atoms with E-state index in [1.807, 2.05) is 11.8 Å². The SMILES string of the molecule is CCCC[C@H]1CSC[C@H](CCCC)C1=O. The van der Waals surface area contributed by atoms with Crippen LogP contribution in [0.5, 0.6) is 0 Å². The van der Waals surface area contributed by atoms with Crippen molar-refractivity contribution in [1.82, 2.24) is 0 Å². The molecule has 1 nitrogen and oxygen atoms in total. The van der Waals surface area contributed by atoms with E-state index in [-0.39, 0.29) is 0 Å². The molecule has 1 aliphatic heterocycles. The Morgan fingerprint density at radius 3 is 1.93 bits per heavy atom. The van der Waals surface area contributed by atoms with Gasteiger partial charge in [0.05, 0.1) is 0 Å². The lowest BCUT2D eigenvalue weighted by atomic mass is 9.88. The summed E-state index contributed by atoms with van der Waals surface area (Å²) in [5.41, 5.74) is 0. The van der Waals surface area contributed by atoms with Crippen LogP contribution < -0.4 is 0 Å². The second kappa shape index (κ2) is 7.32. The van der Waals surface area contributed by atoms with Crippen LogP contribution in [-0.2, 0) is 4.79 Å². The van der Waals surface area contributed by atoms with Crippen LogP contribution in [0.3, 0.4) is 0 Å². The summed E-state index contributed by atoms with van der Waals surface area (Å²) >= 11 is 1.99. The molecule has 1 rings (SSSR count). The first kappa shape index (κ1) is 13.1. The molecule has 2 atom stereocenters. The fourth-order valence-corrected chi connectivity index (χ4v) is 3.57. The van der Waals surface area contributed by atoms with Crippen molar-refractivity contribution in [2.45, 2.75) is 52.4 Å². The number of thioether (sulfide) groups is 1. The Hall–Kier alpha value is 0.0200. The predicted octanol–water partition coefficient (Wildman–Crippen LogP) is 3.92. The van der Waals surface area contributed by atoms with Gasteiger partial charge in [0.1, 0.15) is 5.78 Å². The average molecular weight is 228 g/mol. The molecule has 15 heavy (non-hydrogen) atoms. The van der Waals surface area contributed by atoms with Crippen molar-refractivity contribution in [1.29, 1.82) is 0 Å². The molecule has 1 saturated heterocycles. The number of Topliss-reactive ketones (excluding diaryl/α,β-unsaturated/α-hetero) is 1. The topological polar surface area (TPSA) is 17.1 Å². The number of hydrogen-bond donors (Lipinski definition) is 0. The quantitative estimate of drug-likeness (QED) is 0.685. The van der Waals surface area contributed by atoms with E-state index in [0.29, 0.717) is 17.6 Å². The summed E-state index contributed by atoms with van der Waals surface area (Å²) in [6.07, 6.45) is 7.13. The van der Waals surface area contributed by atoms with Crippen LogP contribution in [0.25, 0.3) is 0 Å². The Morgan fingerprint density at radius 2 is 1.53 bits per heavy atom.